The Kier molecular flexibility index (Phi) is 2.59. The van der Waals surface area contributed by atoms with E-state index in [-0.39, 0.29) is 11.6 Å². The molecule has 0 saturated carbocycles. The summed E-state index contributed by atoms with van der Waals surface area (Å²) in [5.41, 5.74) is 6.39. The number of nitrogens with one attached hydrogen (secondary N) is 1. The topological polar surface area (TPSA) is 102 Å². The summed E-state index contributed by atoms with van der Waals surface area (Å²) < 4.78 is 6.72. The zero-order valence-corrected chi connectivity index (χ0v) is 10.4. The van der Waals surface area contributed by atoms with Gasteiger partial charge in [-0.3, -0.25) is 4.98 Å². The van der Waals surface area contributed by atoms with Crippen LogP contribution >= 0.6 is 0 Å². The van der Waals surface area contributed by atoms with Crippen LogP contribution in [0.25, 0.3) is 5.65 Å². The van der Waals surface area contributed by atoms with Crippen molar-refractivity contribution in [1.82, 2.24) is 19.4 Å². The molecule has 0 spiro atoms. The average molecular weight is 259 g/mol. The Balaban J connectivity index is 2.02. The van der Waals surface area contributed by atoms with Crippen molar-refractivity contribution in [1.29, 1.82) is 0 Å². The zero-order valence-electron chi connectivity index (χ0n) is 10.4. The number of furan rings is 1. The van der Waals surface area contributed by atoms with Crippen molar-refractivity contribution in [3.63, 3.8) is 0 Å². The molecule has 3 aromatic heterocycles. The van der Waals surface area contributed by atoms with E-state index in [1.165, 1.54) is 4.40 Å². The predicted octanol–water partition coefficient (Wildman–Crippen LogP) is 0.686. The molecule has 0 amide bonds. The molecule has 0 aliphatic heterocycles. The second kappa shape index (κ2) is 4.27. The van der Waals surface area contributed by atoms with Crippen LogP contribution in [0.15, 0.2) is 27.6 Å². The number of H-pyrrole nitrogens is 1. The smallest absolute Gasteiger partial charge is 0.335 e. The Morgan fingerprint density at radius 2 is 2.26 bits per heavy atom. The molecule has 3 heterocycles. The second-order valence-electron chi connectivity index (χ2n) is 4.28. The summed E-state index contributed by atoms with van der Waals surface area (Å²) in [6, 6.07) is 3.72. The van der Waals surface area contributed by atoms with E-state index in [0.717, 1.165) is 5.76 Å². The summed E-state index contributed by atoms with van der Waals surface area (Å²) in [6.45, 7) is 1.80. The van der Waals surface area contributed by atoms with Crippen molar-refractivity contribution in [3.8, 4) is 0 Å². The lowest BCUT2D eigenvalue weighted by Gasteiger charge is -1.99. The molecular weight excluding hydrogens is 246 g/mol. The third kappa shape index (κ3) is 1.99. The minimum absolute atomic E-state index is 0.0954. The van der Waals surface area contributed by atoms with Crippen LogP contribution in [0.5, 0.6) is 0 Å². The van der Waals surface area contributed by atoms with Gasteiger partial charge >= 0.3 is 5.69 Å². The van der Waals surface area contributed by atoms with Crippen LogP contribution in [0, 0.1) is 6.92 Å². The summed E-state index contributed by atoms with van der Waals surface area (Å²) in [5, 5.41) is 0. The van der Waals surface area contributed by atoms with Gasteiger partial charge in [0.2, 0.25) is 5.95 Å². The number of hydrogen-bond acceptors (Lipinski definition) is 5. The van der Waals surface area contributed by atoms with E-state index < -0.39 is 0 Å². The Hall–Kier alpha value is -2.57. The van der Waals surface area contributed by atoms with Gasteiger partial charge in [-0.15, -0.1) is 0 Å². The summed E-state index contributed by atoms with van der Waals surface area (Å²) in [4.78, 5) is 22.9. The van der Waals surface area contributed by atoms with Gasteiger partial charge in [-0.25, -0.2) is 14.2 Å². The maximum absolute atomic E-state index is 11.9. The molecule has 7 nitrogen and oxygen atoms in total. The molecule has 7 heteroatoms. The highest BCUT2D eigenvalue weighted by Crippen LogP contribution is 2.11. The number of hydrogen-bond donors (Lipinski definition) is 2. The quantitative estimate of drug-likeness (QED) is 0.720. The highest BCUT2D eigenvalue weighted by atomic mass is 16.3. The van der Waals surface area contributed by atoms with Crippen LogP contribution in [0.4, 0.5) is 5.95 Å². The first-order chi connectivity index (χ1) is 9.15. The van der Waals surface area contributed by atoms with Gasteiger partial charge in [-0.1, -0.05) is 0 Å². The number of fused-ring (bicyclic) bond motifs is 1. The van der Waals surface area contributed by atoms with Gasteiger partial charge < -0.3 is 10.2 Å². The monoisotopic (exact) mass is 259 g/mol. The maximum Gasteiger partial charge on any atom is 0.335 e. The lowest BCUT2D eigenvalue weighted by molar-refractivity contribution is 0.506. The van der Waals surface area contributed by atoms with Gasteiger partial charge in [-0.05, 0) is 19.1 Å². The third-order valence-corrected chi connectivity index (χ3v) is 2.93. The minimum atomic E-state index is -0.322. The number of aromatic amines is 1. The average Bonchev–Trinajstić information content (AvgIpc) is 2.95. The first kappa shape index (κ1) is 11.5. The van der Waals surface area contributed by atoms with E-state index >= 15 is 0 Å². The molecule has 98 valence electrons. The molecule has 19 heavy (non-hydrogen) atoms. The normalized spacial score (nSPS) is 11.2. The molecule has 0 atom stereocenters. The van der Waals surface area contributed by atoms with Crippen LogP contribution < -0.4 is 11.4 Å². The minimum Gasteiger partial charge on any atom is -0.469 e. The fraction of sp³-hybridized carbons (Fsp3) is 0.250. The van der Waals surface area contributed by atoms with E-state index in [4.69, 9.17) is 10.2 Å². The van der Waals surface area contributed by atoms with Gasteiger partial charge in [0.1, 0.15) is 11.6 Å². The number of rotatable bonds is 3. The third-order valence-electron chi connectivity index (χ3n) is 2.93. The molecule has 3 N–H and O–H groups in total. The van der Waals surface area contributed by atoms with Gasteiger partial charge in [-0.2, -0.15) is 4.98 Å². The first-order valence-electron chi connectivity index (χ1n) is 5.91. The standard InChI is InChI=1S/C12H13N5O2/c1-7-10-15-11(13)16-12(18)17(10)9(14-7)5-4-8-3-2-6-19-8/h2-3,6H,4-5H2,1H3,(H3,13,15,16,18). The Morgan fingerprint density at radius 3 is 3.00 bits per heavy atom. The molecule has 0 aliphatic carbocycles. The molecule has 3 rings (SSSR count). The summed E-state index contributed by atoms with van der Waals surface area (Å²) in [5.74, 6) is 1.60. The summed E-state index contributed by atoms with van der Waals surface area (Å²) >= 11 is 0. The first-order valence-corrected chi connectivity index (χ1v) is 5.91. The number of anilines is 1. The van der Waals surface area contributed by atoms with Crippen LogP contribution in [-0.2, 0) is 12.8 Å². The number of imidazole rings is 1. The van der Waals surface area contributed by atoms with Crippen LogP contribution in [0.1, 0.15) is 17.3 Å². The number of nitrogen functional groups attached to an aromatic ring is 1. The number of aromatic nitrogens is 4. The maximum atomic E-state index is 11.9. The van der Waals surface area contributed by atoms with Gasteiger partial charge in [0, 0.05) is 12.8 Å². The molecule has 0 fully saturated rings. The van der Waals surface area contributed by atoms with Gasteiger partial charge in [0.25, 0.3) is 0 Å². The van der Waals surface area contributed by atoms with Crippen molar-refractivity contribution < 1.29 is 4.42 Å². The highest BCUT2D eigenvalue weighted by Gasteiger charge is 2.13. The number of nitrogens with zero attached hydrogens (tertiary/aromatic N) is 3. The Labute approximate surface area is 108 Å². The predicted molar refractivity (Wildman–Crippen MR) is 68.9 cm³/mol. The largest absolute Gasteiger partial charge is 0.469 e. The zero-order chi connectivity index (χ0) is 13.4. The molecule has 0 saturated heterocycles. The van der Waals surface area contributed by atoms with Crippen molar-refractivity contribution in [2.75, 3.05) is 5.73 Å². The van der Waals surface area contributed by atoms with Crippen molar-refractivity contribution in [3.05, 3.63) is 46.2 Å². The van der Waals surface area contributed by atoms with E-state index in [2.05, 4.69) is 15.0 Å². The molecule has 0 aliphatic rings. The Morgan fingerprint density at radius 1 is 1.42 bits per heavy atom. The van der Waals surface area contributed by atoms with Gasteiger partial charge in [0.15, 0.2) is 5.65 Å². The van der Waals surface area contributed by atoms with E-state index in [0.29, 0.717) is 30.0 Å². The Bertz CT molecular complexity index is 769. The van der Waals surface area contributed by atoms with E-state index in [1.54, 1.807) is 13.2 Å². The fourth-order valence-electron chi connectivity index (χ4n) is 2.09. The SMILES string of the molecule is Cc1nc(CCc2ccco2)n2c(=O)[nH]c(N)nc12. The molecule has 0 aromatic carbocycles. The fourth-order valence-corrected chi connectivity index (χ4v) is 2.09. The molecular formula is C12H13N5O2. The van der Waals surface area contributed by atoms with Crippen LogP contribution in [-0.4, -0.2) is 19.4 Å². The molecule has 0 bridgehead atoms. The van der Waals surface area contributed by atoms with Gasteiger partial charge in [0.05, 0.1) is 12.0 Å². The molecule has 0 unspecified atom stereocenters. The molecule has 3 aromatic rings. The summed E-state index contributed by atoms with van der Waals surface area (Å²) in [7, 11) is 0. The number of nitrogens with two attached hydrogens (primary N) is 1. The van der Waals surface area contributed by atoms with Crippen LogP contribution in [0.3, 0.4) is 0 Å². The molecule has 0 radical (unpaired) electrons. The van der Waals surface area contributed by atoms with E-state index in [1.807, 2.05) is 12.1 Å². The summed E-state index contributed by atoms with van der Waals surface area (Å²) in [6.07, 6.45) is 2.89. The van der Waals surface area contributed by atoms with Crippen LogP contribution in [0.2, 0.25) is 0 Å². The number of aryl methyl sites for hydroxylation is 3. The lowest BCUT2D eigenvalue weighted by atomic mass is 10.2. The van der Waals surface area contributed by atoms with Crippen molar-refractivity contribution in [2.24, 2.45) is 0 Å². The van der Waals surface area contributed by atoms with Crippen molar-refractivity contribution in [2.45, 2.75) is 19.8 Å². The second-order valence-corrected chi connectivity index (χ2v) is 4.28. The lowest BCUT2D eigenvalue weighted by Crippen LogP contribution is -2.21. The van der Waals surface area contributed by atoms with E-state index in [9.17, 15) is 4.79 Å². The van der Waals surface area contributed by atoms with Crippen molar-refractivity contribution >= 4 is 11.6 Å². The highest BCUT2D eigenvalue weighted by molar-refractivity contribution is 5.47.